The molecule has 0 radical (unpaired) electrons. The third kappa shape index (κ3) is 3.12. The zero-order valence-electron chi connectivity index (χ0n) is 11.1. The van der Waals surface area contributed by atoms with Crippen LogP contribution in [0, 0.1) is 0 Å². The fourth-order valence-corrected chi connectivity index (χ4v) is 1.85. The fourth-order valence-electron chi connectivity index (χ4n) is 1.85. The monoisotopic (exact) mass is 262 g/mol. The highest BCUT2D eigenvalue weighted by atomic mass is 16.3. The maximum absolute atomic E-state index is 12.0. The number of amides is 2. The molecule has 19 heavy (non-hydrogen) atoms. The van der Waals surface area contributed by atoms with Crippen LogP contribution in [0.3, 0.4) is 0 Å². The first-order chi connectivity index (χ1) is 8.91. The minimum absolute atomic E-state index is 0.0542. The van der Waals surface area contributed by atoms with Gasteiger partial charge in [0.15, 0.2) is 0 Å². The van der Waals surface area contributed by atoms with Gasteiger partial charge in [0.25, 0.3) is 5.91 Å². The zero-order valence-corrected chi connectivity index (χ0v) is 11.1. The molecule has 1 aromatic carbocycles. The Morgan fingerprint density at radius 2 is 2.26 bits per heavy atom. The van der Waals surface area contributed by atoms with Crippen molar-refractivity contribution < 1.29 is 14.7 Å². The van der Waals surface area contributed by atoms with Crippen molar-refractivity contribution in [2.45, 2.75) is 32.3 Å². The molecule has 0 aliphatic carbocycles. The van der Waals surface area contributed by atoms with Crippen molar-refractivity contribution in [3.63, 3.8) is 0 Å². The number of carbonyl (C=O) groups is 2. The molecule has 0 fully saturated rings. The summed E-state index contributed by atoms with van der Waals surface area (Å²) >= 11 is 0. The van der Waals surface area contributed by atoms with Crippen molar-refractivity contribution in [3.05, 3.63) is 29.3 Å². The van der Waals surface area contributed by atoms with Crippen LogP contribution < -0.4 is 10.6 Å². The smallest absolute Gasteiger partial charge is 0.251 e. The third-order valence-corrected chi connectivity index (χ3v) is 3.39. The molecule has 0 aromatic heterocycles. The second-order valence-electron chi connectivity index (χ2n) is 5.13. The van der Waals surface area contributed by atoms with Gasteiger partial charge in [-0.1, -0.05) is 13.0 Å². The summed E-state index contributed by atoms with van der Waals surface area (Å²) in [7, 11) is 0. The Balaban J connectivity index is 2.05. The number of fused-ring (bicyclic) bond motifs is 1. The van der Waals surface area contributed by atoms with Gasteiger partial charge in [-0.05, 0) is 31.0 Å². The first-order valence-electron chi connectivity index (χ1n) is 6.34. The van der Waals surface area contributed by atoms with Crippen LogP contribution in [0.25, 0.3) is 0 Å². The van der Waals surface area contributed by atoms with Crippen molar-refractivity contribution in [3.8, 4) is 0 Å². The SMILES string of the molecule is CCC(C)(O)CNC(=O)c1ccc2c(c1)NC(=O)C2. The standard InChI is InChI=1S/C14H18N2O3/c1-3-14(2,19)8-15-13(18)10-5-4-9-7-12(17)16-11(9)6-10/h4-6,19H,3,7-8H2,1-2H3,(H,15,18)(H,16,17). The van der Waals surface area contributed by atoms with Gasteiger partial charge in [-0.2, -0.15) is 0 Å². The molecule has 5 nitrogen and oxygen atoms in total. The number of carbonyl (C=O) groups excluding carboxylic acids is 2. The van der Waals surface area contributed by atoms with Crippen molar-refractivity contribution in [2.24, 2.45) is 0 Å². The van der Waals surface area contributed by atoms with Crippen LogP contribution >= 0.6 is 0 Å². The predicted molar refractivity (Wildman–Crippen MR) is 72.0 cm³/mol. The van der Waals surface area contributed by atoms with Gasteiger partial charge in [-0.3, -0.25) is 9.59 Å². The Morgan fingerprint density at radius 3 is 2.95 bits per heavy atom. The normalized spacial score (nSPS) is 16.5. The van der Waals surface area contributed by atoms with Crippen LogP contribution in [0.1, 0.15) is 36.2 Å². The average molecular weight is 262 g/mol. The van der Waals surface area contributed by atoms with Crippen LogP contribution in [-0.4, -0.2) is 29.1 Å². The second kappa shape index (κ2) is 5.01. The van der Waals surface area contributed by atoms with Gasteiger partial charge in [0.2, 0.25) is 5.91 Å². The van der Waals surface area contributed by atoms with Crippen LogP contribution in [0.15, 0.2) is 18.2 Å². The molecular weight excluding hydrogens is 244 g/mol. The Bertz CT molecular complexity index is 523. The molecule has 102 valence electrons. The van der Waals surface area contributed by atoms with E-state index in [0.29, 0.717) is 24.1 Å². The van der Waals surface area contributed by atoms with Gasteiger partial charge in [0, 0.05) is 17.8 Å². The van der Waals surface area contributed by atoms with E-state index in [1.165, 1.54) is 0 Å². The van der Waals surface area contributed by atoms with Gasteiger partial charge in [-0.15, -0.1) is 0 Å². The summed E-state index contributed by atoms with van der Waals surface area (Å²) in [5.41, 5.74) is 1.18. The maximum Gasteiger partial charge on any atom is 0.251 e. The highest BCUT2D eigenvalue weighted by Crippen LogP contribution is 2.24. The molecule has 1 unspecified atom stereocenters. The van der Waals surface area contributed by atoms with Gasteiger partial charge < -0.3 is 15.7 Å². The molecule has 1 aliphatic heterocycles. The van der Waals surface area contributed by atoms with Crippen molar-refractivity contribution >= 4 is 17.5 Å². The van der Waals surface area contributed by atoms with E-state index in [1.54, 1.807) is 25.1 Å². The van der Waals surface area contributed by atoms with E-state index in [2.05, 4.69) is 10.6 Å². The summed E-state index contributed by atoms with van der Waals surface area (Å²) in [6.07, 6.45) is 0.926. The average Bonchev–Trinajstić information content (AvgIpc) is 2.75. The molecule has 2 rings (SSSR count). The van der Waals surface area contributed by atoms with Gasteiger partial charge in [0.05, 0.1) is 12.0 Å². The largest absolute Gasteiger partial charge is 0.388 e. The first-order valence-corrected chi connectivity index (χ1v) is 6.34. The summed E-state index contributed by atoms with van der Waals surface area (Å²) < 4.78 is 0. The molecule has 1 atom stereocenters. The highest BCUT2D eigenvalue weighted by Gasteiger charge is 2.21. The van der Waals surface area contributed by atoms with Crippen molar-refractivity contribution in [1.29, 1.82) is 0 Å². The van der Waals surface area contributed by atoms with Crippen molar-refractivity contribution in [1.82, 2.24) is 5.32 Å². The lowest BCUT2D eigenvalue weighted by Gasteiger charge is -2.21. The molecule has 0 spiro atoms. The number of anilines is 1. The van der Waals surface area contributed by atoms with Crippen LogP contribution in [-0.2, 0) is 11.2 Å². The van der Waals surface area contributed by atoms with E-state index in [-0.39, 0.29) is 18.4 Å². The van der Waals surface area contributed by atoms with E-state index in [1.807, 2.05) is 6.92 Å². The number of aliphatic hydroxyl groups is 1. The Labute approximate surface area is 112 Å². The van der Waals surface area contributed by atoms with Crippen LogP contribution in [0.5, 0.6) is 0 Å². The maximum atomic E-state index is 12.0. The lowest BCUT2D eigenvalue weighted by Crippen LogP contribution is -2.40. The molecule has 1 heterocycles. The Kier molecular flexibility index (Phi) is 3.57. The molecule has 2 amide bonds. The van der Waals surface area contributed by atoms with Crippen LogP contribution in [0.4, 0.5) is 5.69 Å². The molecule has 0 bridgehead atoms. The summed E-state index contributed by atoms with van der Waals surface area (Å²) in [5, 5.41) is 15.2. The van der Waals surface area contributed by atoms with Gasteiger partial charge >= 0.3 is 0 Å². The van der Waals surface area contributed by atoms with Gasteiger partial charge in [-0.25, -0.2) is 0 Å². The van der Waals surface area contributed by atoms with Crippen LogP contribution in [0.2, 0.25) is 0 Å². The minimum Gasteiger partial charge on any atom is -0.388 e. The van der Waals surface area contributed by atoms with Crippen molar-refractivity contribution in [2.75, 3.05) is 11.9 Å². The third-order valence-electron chi connectivity index (χ3n) is 3.39. The topological polar surface area (TPSA) is 78.4 Å². The van der Waals surface area contributed by atoms with E-state index >= 15 is 0 Å². The lowest BCUT2D eigenvalue weighted by molar-refractivity contribution is -0.115. The summed E-state index contributed by atoms with van der Waals surface area (Å²) in [4.78, 5) is 23.2. The Morgan fingerprint density at radius 1 is 1.53 bits per heavy atom. The van der Waals surface area contributed by atoms with E-state index in [0.717, 1.165) is 5.56 Å². The molecule has 1 aromatic rings. The lowest BCUT2D eigenvalue weighted by atomic mass is 10.0. The highest BCUT2D eigenvalue weighted by molar-refractivity contribution is 6.02. The number of rotatable bonds is 4. The quantitative estimate of drug-likeness (QED) is 0.759. The Hall–Kier alpha value is -1.88. The predicted octanol–water partition coefficient (Wildman–Crippen LogP) is 1.07. The number of benzene rings is 1. The molecule has 1 aliphatic rings. The second-order valence-corrected chi connectivity index (χ2v) is 5.13. The number of hydrogen-bond donors (Lipinski definition) is 3. The van der Waals surface area contributed by atoms with Gasteiger partial charge in [0.1, 0.15) is 0 Å². The fraction of sp³-hybridized carbons (Fsp3) is 0.429. The zero-order chi connectivity index (χ0) is 14.0. The van der Waals surface area contributed by atoms with E-state index in [4.69, 9.17) is 0 Å². The van der Waals surface area contributed by atoms with E-state index in [9.17, 15) is 14.7 Å². The molecule has 0 saturated heterocycles. The molecule has 5 heteroatoms. The molecule has 3 N–H and O–H groups in total. The van der Waals surface area contributed by atoms with E-state index < -0.39 is 5.60 Å². The summed E-state index contributed by atoms with van der Waals surface area (Å²) in [5.74, 6) is -0.306. The number of hydrogen-bond acceptors (Lipinski definition) is 3. The molecule has 0 saturated carbocycles. The molecular formula is C14H18N2O3. The summed E-state index contributed by atoms with van der Waals surface area (Å²) in [6, 6.07) is 5.13. The minimum atomic E-state index is -0.902. The first kappa shape index (κ1) is 13.5. The number of nitrogens with one attached hydrogen (secondary N) is 2. The summed E-state index contributed by atoms with van der Waals surface area (Å²) in [6.45, 7) is 3.74.